The zero-order valence-corrected chi connectivity index (χ0v) is 17.2. The lowest BCUT2D eigenvalue weighted by Crippen LogP contribution is -2.00. The SMILES string of the molecule is COc1cc(F)c(-c2c3cccc(F)c3c(-c3ccccc3)c3c(F)ccc(F)c23)c(F)c1. The smallest absolute Gasteiger partial charge is 0.137 e. The van der Waals surface area contributed by atoms with Crippen molar-refractivity contribution >= 4 is 21.5 Å². The van der Waals surface area contributed by atoms with Crippen molar-refractivity contribution in [1.82, 2.24) is 0 Å². The minimum Gasteiger partial charge on any atom is -0.497 e. The first-order chi connectivity index (χ1) is 15.9. The molecule has 33 heavy (non-hydrogen) atoms. The van der Waals surface area contributed by atoms with Crippen LogP contribution in [-0.2, 0) is 0 Å². The molecule has 0 saturated heterocycles. The molecule has 0 aromatic heterocycles. The largest absolute Gasteiger partial charge is 0.497 e. The van der Waals surface area contributed by atoms with Crippen LogP contribution in [0.3, 0.4) is 0 Å². The van der Waals surface area contributed by atoms with Crippen LogP contribution >= 0.6 is 0 Å². The third kappa shape index (κ3) is 3.21. The van der Waals surface area contributed by atoms with Gasteiger partial charge in [0.05, 0.1) is 12.7 Å². The lowest BCUT2D eigenvalue weighted by atomic mass is 9.85. The Morgan fingerprint density at radius 2 is 1.09 bits per heavy atom. The van der Waals surface area contributed by atoms with Gasteiger partial charge in [-0.3, -0.25) is 0 Å². The van der Waals surface area contributed by atoms with E-state index in [1.165, 1.54) is 25.3 Å². The molecule has 6 heteroatoms. The van der Waals surface area contributed by atoms with Gasteiger partial charge in [0.2, 0.25) is 0 Å². The molecule has 0 aliphatic carbocycles. The number of hydrogen-bond acceptors (Lipinski definition) is 1. The second-order valence-corrected chi connectivity index (χ2v) is 7.52. The van der Waals surface area contributed by atoms with E-state index in [1.807, 2.05) is 0 Å². The lowest BCUT2D eigenvalue weighted by molar-refractivity contribution is 0.407. The molecular weight excluding hydrogens is 435 g/mol. The summed E-state index contributed by atoms with van der Waals surface area (Å²) in [5, 5.41) is -0.613. The Kier molecular flexibility index (Phi) is 5.01. The second kappa shape index (κ2) is 7.89. The number of rotatable bonds is 3. The van der Waals surface area contributed by atoms with Crippen molar-refractivity contribution in [1.29, 1.82) is 0 Å². The summed E-state index contributed by atoms with van der Waals surface area (Å²) in [6.45, 7) is 0. The highest BCUT2D eigenvalue weighted by molar-refractivity contribution is 6.21. The summed E-state index contributed by atoms with van der Waals surface area (Å²) in [4.78, 5) is 0. The van der Waals surface area contributed by atoms with Crippen LogP contribution in [0.5, 0.6) is 5.75 Å². The summed E-state index contributed by atoms with van der Waals surface area (Å²) in [6.07, 6.45) is 0. The molecule has 0 heterocycles. The third-order valence-electron chi connectivity index (χ3n) is 5.70. The van der Waals surface area contributed by atoms with Crippen molar-refractivity contribution in [3.63, 3.8) is 0 Å². The first kappa shape index (κ1) is 20.9. The fourth-order valence-electron chi connectivity index (χ4n) is 4.35. The number of hydrogen-bond donors (Lipinski definition) is 0. The highest BCUT2D eigenvalue weighted by Crippen LogP contribution is 2.47. The average Bonchev–Trinajstić information content (AvgIpc) is 2.81. The summed E-state index contributed by atoms with van der Waals surface area (Å²) < 4.78 is 81.1. The van der Waals surface area contributed by atoms with Crippen molar-refractivity contribution < 1.29 is 26.7 Å². The van der Waals surface area contributed by atoms with Gasteiger partial charge >= 0.3 is 0 Å². The molecule has 5 aromatic rings. The average molecular weight is 450 g/mol. The van der Waals surface area contributed by atoms with Gasteiger partial charge in [-0.1, -0.05) is 42.5 Å². The maximum atomic E-state index is 15.3. The molecule has 164 valence electrons. The Morgan fingerprint density at radius 1 is 0.515 bits per heavy atom. The van der Waals surface area contributed by atoms with Gasteiger partial charge in [-0.15, -0.1) is 0 Å². The van der Waals surface area contributed by atoms with Gasteiger partial charge in [0.15, 0.2) is 0 Å². The summed E-state index contributed by atoms with van der Waals surface area (Å²) in [5.74, 6) is -4.64. The van der Waals surface area contributed by atoms with Crippen molar-refractivity contribution in [2.45, 2.75) is 0 Å². The zero-order chi connectivity index (χ0) is 23.3. The Hall–Kier alpha value is -3.93. The fourth-order valence-corrected chi connectivity index (χ4v) is 4.35. The minimum absolute atomic E-state index is 0.0498. The van der Waals surface area contributed by atoms with Crippen LogP contribution < -0.4 is 4.74 Å². The van der Waals surface area contributed by atoms with E-state index in [2.05, 4.69) is 0 Å². The molecule has 0 atom stereocenters. The standard InChI is InChI=1S/C27H15F5O/c1-33-15-12-20(31)25(21(32)13-15)24-16-8-5-9-17(28)23(16)22(14-6-3-2-4-7-14)26-18(29)10-11-19(30)27(24)26/h2-13H,1H3. The van der Waals surface area contributed by atoms with Gasteiger partial charge < -0.3 is 4.74 Å². The predicted molar refractivity (Wildman–Crippen MR) is 119 cm³/mol. The molecular formula is C27H15F5O. The molecule has 0 saturated carbocycles. The van der Waals surface area contributed by atoms with E-state index in [-0.39, 0.29) is 38.4 Å². The maximum absolute atomic E-state index is 15.3. The van der Waals surface area contributed by atoms with Gasteiger partial charge in [-0.2, -0.15) is 0 Å². The van der Waals surface area contributed by atoms with Crippen LogP contribution in [0.15, 0.2) is 72.8 Å². The number of ether oxygens (including phenoxy) is 1. The van der Waals surface area contributed by atoms with E-state index >= 15 is 22.0 Å². The van der Waals surface area contributed by atoms with Gasteiger partial charge in [0.25, 0.3) is 0 Å². The zero-order valence-electron chi connectivity index (χ0n) is 17.2. The van der Waals surface area contributed by atoms with Crippen LogP contribution in [0.1, 0.15) is 0 Å². The molecule has 0 bridgehead atoms. The molecule has 0 unspecified atom stereocenters. The molecule has 0 N–H and O–H groups in total. The van der Waals surface area contributed by atoms with E-state index in [0.29, 0.717) is 5.56 Å². The summed E-state index contributed by atoms with van der Waals surface area (Å²) in [7, 11) is 1.25. The quantitative estimate of drug-likeness (QED) is 0.200. The first-order valence-electron chi connectivity index (χ1n) is 10.0. The number of methoxy groups -OCH3 is 1. The van der Waals surface area contributed by atoms with Gasteiger partial charge in [0.1, 0.15) is 34.8 Å². The highest BCUT2D eigenvalue weighted by atomic mass is 19.1. The van der Waals surface area contributed by atoms with E-state index in [4.69, 9.17) is 4.74 Å². The van der Waals surface area contributed by atoms with Gasteiger partial charge in [-0.05, 0) is 29.1 Å². The second-order valence-electron chi connectivity index (χ2n) is 7.52. The van der Waals surface area contributed by atoms with E-state index < -0.39 is 34.6 Å². The Labute approximate surface area is 185 Å². The molecule has 0 radical (unpaired) electrons. The van der Waals surface area contributed by atoms with Crippen molar-refractivity contribution in [2.24, 2.45) is 0 Å². The minimum atomic E-state index is -1.05. The normalized spacial score (nSPS) is 11.3. The van der Waals surface area contributed by atoms with Crippen LogP contribution in [-0.4, -0.2) is 7.11 Å². The molecule has 1 nitrogen and oxygen atoms in total. The third-order valence-corrected chi connectivity index (χ3v) is 5.70. The molecule has 0 spiro atoms. The first-order valence-corrected chi connectivity index (χ1v) is 10.0. The predicted octanol–water partition coefficient (Wildman–Crippen LogP) is 8.03. The van der Waals surface area contributed by atoms with Crippen molar-refractivity contribution in [3.05, 3.63) is 102 Å². The number of halogens is 5. The molecule has 5 aromatic carbocycles. The van der Waals surface area contributed by atoms with Gasteiger partial charge in [0, 0.05) is 39.4 Å². The highest BCUT2D eigenvalue weighted by Gasteiger charge is 2.27. The summed E-state index contributed by atoms with van der Waals surface area (Å²) in [5.41, 5.74) is -0.326. The van der Waals surface area contributed by atoms with Gasteiger partial charge in [-0.25, -0.2) is 22.0 Å². The van der Waals surface area contributed by atoms with Crippen LogP contribution in [0.4, 0.5) is 22.0 Å². The number of benzene rings is 5. The van der Waals surface area contributed by atoms with Crippen LogP contribution in [0, 0.1) is 29.1 Å². The molecule has 0 amide bonds. The Balaban J connectivity index is 2.11. The van der Waals surface area contributed by atoms with E-state index in [9.17, 15) is 0 Å². The topological polar surface area (TPSA) is 9.23 Å². The van der Waals surface area contributed by atoms with Crippen LogP contribution in [0.2, 0.25) is 0 Å². The summed E-state index contributed by atoms with van der Waals surface area (Å²) >= 11 is 0. The van der Waals surface area contributed by atoms with E-state index in [0.717, 1.165) is 24.3 Å². The monoisotopic (exact) mass is 450 g/mol. The molecule has 0 aliphatic rings. The number of fused-ring (bicyclic) bond motifs is 2. The molecule has 5 rings (SSSR count). The maximum Gasteiger partial charge on any atom is 0.137 e. The van der Waals surface area contributed by atoms with Crippen molar-refractivity contribution in [3.8, 4) is 28.0 Å². The van der Waals surface area contributed by atoms with Crippen LogP contribution in [0.25, 0.3) is 43.8 Å². The Morgan fingerprint density at radius 3 is 1.70 bits per heavy atom. The fraction of sp³-hybridized carbons (Fsp3) is 0.0370. The van der Waals surface area contributed by atoms with E-state index in [1.54, 1.807) is 30.3 Å². The lowest BCUT2D eigenvalue weighted by Gasteiger charge is -2.20. The van der Waals surface area contributed by atoms with Crippen molar-refractivity contribution in [2.75, 3.05) is 7.11 Å². The summed E-state index contributed by atoms with van der Waals surface area (Å²) in [6, 6.07) is 16.0. The molecule has 0 fully saturated rings. The molecule has 0 aliphatic heterocycles. The Bertz CT molecular complexity index is 1520.